The molecule has 0 saturated carbocycles. The molecule has 1 aromatic heterocycles. The predicted octanol–water partition coefficient (Wildman–Crippen LogP) is 0.516. The normalized spacial score (nSPS) is 20.6. The number of aliphatic hydroxyl groups is 1. The van der Waals surface area contributed by atoms with E-state index < -0.39 is 10.0 Å². The van der Waals surface area contributed by atoms with Gasteiger partial charge < -0.3 is 10.4 Å². The van der Waals surface area contributed by atoms with Crippen molar-refractivity contribution in [1.29, 1.82) is 0 Å². The Balaban J connectivity index is 2.24. The Kier molecular flexibility index (Phi) is 4.38. The van der Waals surface area contributed by atoms with Crippen molar-refractivity contribution in [2.24, 2.45) is 5.92 Å². The molecule has 0 radical (unpaired) electrons. The number of nitrogens with one attached hydrogen (secondary N) is 1. The topological polar surface area (TPSA) is 82.5 Å². The third kappa shape index (κ3) is 2.88. The molecule has 1 saturated heterocycles. The number of hydrogen-bond donors (Lipinski definition) is 2. The highest BCUT2D eigenvalue weighted by Crippen LogP contribution is 2.28. The number of anilines is 1. The summed E-state index contributed by atoms with van der Waals surface area (Å²) in [4.78, 5) is 4.00. The summed E-state index contributed by atoms with van der Waals surface area (Å²) in [7, 11) is -1.88. The van der Waals surface area contributed by atoms with Crippen LogP contribution in [-0.2, 0) is 10.0 Å². The van der Waals surface area contributed by atoms with Gasteiger partial charge in [0.15, 0.2) is 5.03 Å². The summed E-state index contributed by atoms with van der Waals surface area (Å²) in [5, 5.41) is 11.8. The standard InChI is InChI=1S/C12H19N3O3S/c1-13-11-3-2-6-14-12(11)19(17,18)15-7-4-10(9-15)5-8-16/h2-3,6,10,13,16H,4-5,7-9H2,1H3. The average molecular weight is 285 g/mol. The van der Waals surface area contributed by atoms with Crippen molar-refractivity contribution in [3.63, 3.8) is 0 Å². The van der Waals surface area contributed by atoms with Crippen molar-refractivity contribution in [3.8, 4) is 0 Å². The minimum Gasteiger partial charge on any atom is -0.396 e. The summed E-state index contributed by atoms with van der Waals surface area (Å²) in [6, 6.07) is 3.39. The third-order valence-corrected chi connectivity index (χ3v) is 5.24. The summed E-state index contributed by atoms with van der Waals surface area (Å²) in [5.74, 6) is 0.238. The van der Waals surface area contributed by atoms with E-state index in [2.05, 4.69) is 10.3 Å². The Morgan fingerprint density at radius 2 is 2.37 bits per heavy atom. The first-order valence-electron chi connectivity index (χ1n) is 6.33. The fourth-order valence-corrected chi connectivity index (χ4v) is 3.98. The van der Waals surface area contributed by atoms with Gasteiger partial charge in [-0.05, 0) is 30.9 Å². The lowest BCUT2D eigenvalue weighted by molar-refractivity contribution is 0.259. The van der Waals surface area contributed by atoms with Gasteiger partial charge in [-0.1, -0.05) is 0 Å². The first-order chi connectivity index (χ1) is 9.09. The Morgan fingerprint density at radius 3 is 3.05 bits per heavy atom. The molecular weight excluding hydrogens is 266 g/mol. The van der Waals surface area contributed by atoms with E-state index in [0.29, 0.717) is 25.2 Å². The van der Waals surface area contributed by atoms with Crippen molar-refractivity contribution in [2.75, 3.05) is 32.1 Å². The number of aromatic nitrogens is 1. The van der Waals surface area contributed by atoms with Crippen LogP contribution in [-0.4, -0.2) is 49.6 Å². The molecular formula is C12H19N3O3S. The van der Waals surface area contributed by atoms with Crippen LogP contribution in [0.5, 0.6) is 0 Å². The number of pyridine rings is 1. The molecule has 2 N–H and O–H groups in total. The zero-order valence-corrected chi connectivity index (χ0v) is 11.7. The monoisotopic (exact) mass is 285 g/mol. The molecule has 0 aliphatic carbocycles. The maximum atomic E-state index is 12.5. The minimum absolute atomic E-state index is 0.0714. The van der Waals surface area contributed by atoms with Gasteiger partial charge >= 0.3 is 0 Å². The van der Waals surface area contributed by atoms with Crippen LogP contribution in [0.25, 0.3) is 0 Å². The molecule has 0 bridgehead atoms. The lowest BCUT2D eigenvalue weighted by Crippen LogP contribution is -2.30. The van der Waals surface area contributed by atoms with Crippen molar-refractivity contribution in [1.82, 2.24) is 9.29 Å². The second kappa shape index (κ2) is 5.85. The van der Waals surface area contributed by atoms with Gasteiger partial charge in [0.2, 0.25) is 0 Å². The third-order valence-electron chi connectivity index (χ3n) is 3.41. The van der Waals surface area contributed by atoms with E-state index in [4.69, 9.17) is 5.11 Å². The molecule has 1 unspecified atom stereocenters. The summed E-state index contributed by atoms with van der Waals surface area (Å²) in [5.41, 5.74) is 0.508. The minimum atomic E-state index is -3.55. The maximum absolute atomic E-state index is 12.5. The molecule has 0 spiro atoms. The molecule has 1 aliphatic heterocycles. The van der Waals surface area contributed by atoms with Crippen LogP contribution in [0.15, 0.2) is 23.4 Å². The summed E-state index contributed by atoms with van der Waals surface area (Å²) >= 11 is 0. The van der Waals surface area contributed by atoms with Crippen LogP contribution in [0.2, 0.25) is 0 Å². The van der Waals surface area contributed by atoms with Gasteiger partial charge in [-0.25, -0.2) is 13.4 Å². The van der Waals surface area contributed by atoms with E-state index in [9.17, 15) is 8.42 Å². The molecule has 1 atom stereocenters. The highest BCUT2D eigenvalue weighted by Gasteiger charge is 2.34. The molecule has 6 nitrogen and oxygen atoms in total. The smallest absolute Gasteiger partial charge is 0.262 e. The lowest BCUT2D eigenvalue weighted by Gasteiger charge is -2.17. The lowest BCUT2D eigenvalue weighted by atomic mass is 10.1. The Bertz CT molecular complexity index is 533. The highest BCUT2D eigenvalue weighted by atomic mass is 32.2. The molecule has 0 aromatic carbocycles. The fraction of sp³-hybridized carbons (Fsp3) is 0.583. The molecule has 2 heterocycles. The van der Waals surface area contributed by atoms with Crippen molar-refractivity contribution in [2.45, 2.75) is 17.9 Å². The first kappa shape index (κ1) is 14.2. The van der Waals surface area contributed by atoms with Gasteiger partial charge in [-0.3, -0.25) is 0 Å². The maximum Gasteiger partial charge on any atom is 0.262 e. The zero-order valence-electron chi connectivity index (χ0n) is 10.9. The molecule has 1 aromatic rings. The SMILES string of the molecule is CNc1cccnc1S(=O)(=O)N1CCC(CCO)C1. The Labute approximate surface area is 113 Å². The molecule has 2 rings (SSSR count). The molecule has 1 fully saturated rings. The largest absolute Gasteiger partial charge is 0.396 e. The summed E-state index contributed by atoms with van der Waals surface area (Å²) in [6.07, 6.45) is 2.92. The van der Waals surface area contributed by atoms with Gasteiger partial charge in [0.1, 0.15) is 0 Å². The second-order valence-electron chi connectivity index (χ2n) is 4.64. The van der Waals surface area contributed by atoms with Crippen molar-refractivity contribution >= 4 is 15.7 Å². The number of aliphatic hydroxyl groups excluding tert-OH is 1. The number of sulfonamides is 1. The average Bonchev–Trinajstić information content (AvgIpc) is 2.88. The van der Waals surface area contributed by atoms with Gasteiger partial charge in [0, 0.05) is 32.9 Å². The van der Waals surface area contributed by atoms with Crippen LogP contribution < -0.4 is 5.32 Å². The molecule has 106 valence electrons. The van der Waals surface area contributed by atoms with E-state index in [1.54, 1.807) is 19.2 Å². The quantitative estimate of drug-likeness (QED) is 0.824. The van der Waals surface area contributed by atoms with Gasteiger partial charge in [0.05, 0.1) is 5.69 Å². The van der Waals surface area contributed by atoms with Crippen LogP contribution in [0.3, 0.4) is 0 Å². The van der Waals surface area contributed by atoms with Gasteiger partial charge in [-0.2, -0.15) is 4.31 Å². The fourth-order valence-electron chi connectivity index (χ4n) is 2.34. The van der Waals surface area contributed by atoms with E-state index in [-0.39, 0.29) is 17.6 Å². The number of nitrogens with zero attached hydrogens (tertiary/aromatic N) is 2. The Hall–Kier alpha value is -1.18. The van der Waals surface area contributed by atoms with Gasteiger partial charge in [-0.15, -0.1) is 0 Å². The number of rotatable bonds is 5. The van der Waals surface area contributed by atoms with Crippen molar-refractivity contribution < 1.29 is 13.5 Å². The van der Waals surface area contributed by atoms with Gasteiger partial charge in [0.25, 0.3) is 10.0 Å². The van der Waals surface area contributed by atoms with Crippen LogP contribution in [0, 0.1) is 5.92 Å². The predicted molar refractivity (Wildman–Crippen MR) is 72.4 cm³/mol. The highest BCUT2D eigenvalue weighted by molar-refractivity contribution is 7.89. The molecule has 7 heteroatoms. The van der Waals surface area contributed by atoms with Crippen LogP contribution >= 0.6 is 0 Å². The number of hydrogen-bond acceptors (Lipinski definition) is 5. The summed E-state index contributed by atoms with van der Waals surface area (Å²) in [6.45, 7) is 1.05. The van der Waals surface area contributed by atoms with Crippen LogP contribution in [0.4, 0.5) is 5.69 Å². The van der Waals surface area contributed by atoms with E-state index in [1.807, 2.05) is 0 Å². The van der Waals surface area contributed by atoms with Crippen LogP contribution in [0.1, 0.15) is 12.8 Å². The Morgan fingerprint density at radius 1 is 1.58 bits per heavy atom. The molecule has 1 aliphatic rings. The van der Waals surface area contributed by atoms with E-state index >= 15 is 0 Å². The zero-order chi connectivity index (χ0) is 13.9. The van der Waals surface area contributed by atoms with E-state index in [1.165, 1.54) is 10.5 Å². The molecule has 19 heavy (non-hydrogen) atoms. The first-order valence-corrected chi connectivity index (χ1v) is 7.77. The van der Waals surface area contributed by atoms with Crippen molar-refractivity contribution in [3.05, 3.63) is 18.3 Å². The second-order valence-corrected chi connectivity index (χ2v) is 6.49. The molecule has 0 amide bonds. The van der Waals surface area contributed by atoms with E-state index in [0.717, 1.165) is 6.42 Å². The summed E-state index contributed by atoms with van der Waals surface area (Å²) < 4.78 is 26.5.